The normalized spacial score (nSPS) is 11.6. The molecule has 0 amide bonds. The zero-order chi connectivity index (χ0) is 13.9. The molecule has 0 unspecified atom stereocenters. The lowest BCUT2D eigenvalue weighted by Gasteiger charge is -2.31. The summed E-state index contributed by atoms with van der Waals surface area (Å²) >= 11 is 0. The van der Waals surface area contributed by atoms with Crippen molar-refractivity contribution in [2.75, 3.05) is 14.2 Å². The SMILES string of the molecule is COc1cc(CN(C)C(C)(C)C(=O)O)ccc1O. The summed E-state index contributed by atoms with van der Waals surface area (Å²) in [5.74, 6) is -0.425. The van der Waals surface area contributed by atoms with Crippen molar-refractivity contribution in [1.29, 1.82) is 0 Å². The quantitative estimate of drug-likeness (QED) is 0.835. The largest absolute Gasteiger partial charge is 0.504 e. The van der Waals surface area contributed by atoms with Gasteiger partial charge in [0.25, 0.3) is 0 Å². The molecule has 0 radical (unpaired) electrons. The lowest BCUT2D eigenvalue weighted by molar-refractivity contribution is -0.148. The lowest BCUT2D eigenvalue weighted by Crippen LogP contribution is -2.47. The molecule has 0 aromatic heterocycles. The molecule has 5 heteroatoms. The highest BCUT2D eigenvalue weighted by Gasteiger charge is 2.31. The molecule has 0 atom stereocenters. The number of aliphatic carboxylic acids is 1. The molecule has 1 rings (SSSR count). The molecule has 0 bridgehead atoms. The van der Waals surface area contributed by atoms with Crippen molar-refractivity contribution in [3.8, 4) is 11.5 Å². The molecule has 1 aromatic rings. The second-order valence-corrected chi connectivity index (χ2v) is 4.73. The van der Waals surface area contributed by atoms with E-state index in [1.807, 2.05) is 0 Å². The fourth-order valence-corrected chi connectivity index (χ4v) is 1.46. The number of rotatable bonds is 5. The minimum atomic E-state index is -0.953. The van der Waals surface area contributed by atoms with Crippen LogP contribution in [0, 0.1) is 0 Å². The van der Waals surface area contributed by atoms with Crippen LogP contribution in [0.3, 0.4) is 0 Å². The van der Waals surface area contributed by atoms with Gasteiger partial charge in [-0.3, -0.25) is 9.69 Å². The maximum Gasteiger partial charge on any atom is 0.323 e. The Morgan fingerprint density at radius 3 is 2.56 bits per heavy atom. The van der Waals surface area contributed by atoms with Gasteiger partial charge in [-0.1, -0.05) is 6.07 Å². The van der Waals surface area contributed by atoms with Gasteiger partial charge in [0.2, 0.25) is 0 Å². The van der Waals surface area contributed by atoms with E-state index in [0.29, 0.717) is 12.3 Å². The van der Waals surface area contributed by atoms with Crippen molar-refractivity contribution in [3.63, 3.8) is 0 Å². The molecule has 0 saturated carbocycles. The number of aromatic hydroxyl groups is 1. The number of phenolic OH excluding ortho intramolecular Hbond substituents is 1. The average Bonchev–Trinajstić information content (AvgIpc) is 2.31. The zero-order valence-corrected chi connectivity index (χ0v) is 11.1. The van der Waals surface area contributed by atoms with Crippen molar-refractivity contribution in [2.45, 2.75) is 25.9 Å². The van der Waals surface area contributed by atoms with Gasteiger partial charge in [0.05, 0.1) is 7.11 Å². The first-order chi connectivity index (χ1) is 8.28. The van der Waals surface area contributed by atoms with Crippen LogP contribution in [0.1, 0.15) is 19.4 Å². The first-order valence-electron chi connectivity index (χ1n) is 5.59. The number of hydrogen-bond donors (Lipinski definition) is 2. The number of likely N-dealkylation sites (N-methyl/N-ethyl adjacent to an activating group) is 1. The van der Waals surface area contributed by atoms with E-state index in [0.717, 1.165) is 5.56 Å². The summed E-state index contributed by atoms with van der Waals surface area (Å²) in [6.07, 6.45) is 0. The molecule has 0 spiro atoms. The maximum absolute atomic E-state index is 11.1. The average molecular weight is 253 g/mol. The molecule has 0 aliphatic carbocycles. The van der Waals surface area contributed by atoms with Crippen LogP contribution in [0.4, 0.5) is 0 Å². The van der Waals surface area contributed by atoms with E-state index >= 15 is 0 Å². The minimum absolute atomic E-state index is 0.0707. The fourth-order valence-electron chi connectivity index (χ4n) is 1.46. The number of hydrogen-bond acceptors (Lipinski definition) is 4. The molecule has 100 valence electrons. The summed E-state index contributed by atoms with van der Waals surface area (Å²) in [4.78, 5) is 12.8. The van der Waals surface area contributed by atoms with Gasteiger partial charge in [0, 0.05) is 6.54 Å². The molecule has 2 N–H and O–H groups in total. The Morgan fingerprint density at radius 1 is 1.44 bits per heavy atom. The second kappa shape index (κ2) is 5.27. The van der Waals surface area contributed by atoms with Crippen molar-refractivity contribution < 1.29 is 19.7 Å². The van der Waals surface area contributed by atoms with Crippen LogP contribution < -0.4 is 4.74 Å². The third kappa shape index (κ3) is 2.92. The highest BCUT2D eigenvalue weighted by Crippen LogP contribution is 2.27. The number of phenols is 1. The van der Waals surface area contributed by atoms with Crippen LogP contribution in [0.5, 0.6) is 11.5 Å². The van der Waals surface area contributed by atoms with Crippen molar-refractivity contribution in [2.24, 2.45) is 0 Å². The summed E-state index contributed by atoms with van der Waals surface area (Å²) in [5, 5.41) is 18.6. The maximum atomic E-state index is 11.1. The summed E-state index contributed by atoms with van der Waals surface area (Å²) in [7, 11) is 3.22. The van der Waals surface area contributed by atoms with Crippen LogP contribution in [-0.4, -0.2) is 40.8 Å². The number of carboxylic acids is 1. The molecule has 0 fully saturated rings. The van der Waals surface area contributed by atoms with Gasteiger partial charge in [0.1, 0.15) is 5.54 Å². The molecule has 0 heterocycles. The number of ether oxygens (including phenoxy) is 1. The van der Waals surface area contributed by atoms with E-state index in [1.165, 1.54) is 13.2 Å². The van der Waals surface area contributed by atoms with Crippen LogP contribution in [0.25, 0.3) is 0 Å². The number of methoxy groups -OCH3 is 1. The minimum Gasteiger partial charge on any atom is -0.504 e. The first-order valence-corrected chi connectivity index (χ1v) is 5.59. The summed E-state index contributed by atoms with van der Waals surface area (Å²) in [5.41, 5.74) is -0.0769. The van der Waals surface area contributed by atoms with Crippen LogP contribution >= 0.6 is 0 Å². The third-order valence-corrected chi connectivity index (χ3v) is 3.14. The molecule has 5 nitrogen and oxygen atoms in total. The highest BCUT2D eigenvalue weighted by molar-refractivity contribution is 5.77. The Labute approximate surface area is 107 Å². The predicted molar refractivity (Wildman–Crippen MR) is 67.8 cm³/mol. The Hall–Kier alpha value is -1.75. The first kappa shape index (κ1) is 14.3. The van der Waals surface area contributed by atoms with E-state index in [2.05, 4.69) is 0 Å². The Bertz CT molecular complexity index is 443. The lowest BCUT2D eigenvalue weighted by atomic mass is 10.0. The van der Waals surface area contributed by atoms with Gasteiger partial charge in [-0.15, -0.1) is 0 Å². The van der Waals surface area contributed by atoms with Gasteiger partial charge in [0.15, 0.2) is 11.5 Å². The van der Waals surface area contributed by atoms with E-state index in [4.69, 9.17) is 9.84 Å². The second-order valence-electron chi connectivity index (χ2n) is 4.73. The van der Waals surface area contributed by atoms with Gasteiger partial charge in [-0.25, -0.2) is 0 Å². The monoisotopic (exact) mass is 253 g/mol. The Balaban J connectivity index is 2.88. The van der Waals surface area contributed by atoms with Gasteiger partial charge in [-0.2, -0.15) is 0 Å². The van der Waals surface area contributed by atoms with Crippen LogP contribution in [0.2, 0.25) is 0 Å². The standard InChI is InChI=1S/C13H19NO4/c1-13(2,12(16)17)14(3)8-9-5-6-10(15)11(7-9)18-4/h5-7,15H,8H2,1-4H3,(H,16,17). The molecule has 0 aliphatic rings. The fraction of sp³-hybridized carbons (Fsp3) is 0.462. The third-order valence-electron chi connectivity index (χ3n) is 3.14. The van der Waals surface area contributed by atoms with Crippen molar-refractivity contribution in [3.05, 3.63) is 23.8 Å². The number of nitrogens with zero attached hydrogens (tertiary/aromatic N) is 1. The number of carboxylic acid groups (broad SMARTS) is 1. The smallest absolute Gasteiger partial charge is 0.323 e. The number of carbonyl (C=O) groups is 1. The Kier molecular flexibility index (Phi) is 4.19. The van der Waals surface area contributed by atoms with Gasteiger partial charge < -0.3 is 14.9 Å². The predicted octanol–water partition coefficient (Wildman–Crippen LogP) is 1.70. The van der Waals surface area contributed by atoms with Crippen molar-refractivity contribution >= 4 is 5.97 Å². The zero-order valence-electron chi connectivity index (χ0n) is 11.1. The van der Waals surface area contributed by atoms with E-state index in [9.17, 15) is 9.90 Å². The molecular formula is C13H19NO4. The molecule has 0 aliphatic heterocycles. The van der Waals surface area contributed by atoms with E-state index < -0.39 is 11.5 Å². The van der Waals surface area contributed by atoms with Gasteiger partial charge in [-0.05, 0) is 38.6 Å². The van der Waals surface area contributed by atoms with Crippen LogP contribution in [0.15, 0.2) is 18.2 Å². The van der Waals surface area contributed by atoms with Gasteiger partial charge >= 0.3 is 5.97 Å². The van der Waals surface area contributed by atoms with Crippen molar-refractivity contribution in [1.82, 2.24) is 4.90 Å². The summed E-state index contributed by atoms with van der Waals surface area (Å²) in [6, 6.07) is 4.98. The number of benzene rings is 1. The molecular weight excluding hydrogens is 234 g/mol. The summed E-state index contributed by atoms with van der Waals surface area (Å²) in [6.45, 7) is 3.75. The van der Waals surface area contributed by atoms with Crippen LogP contribution in [-0.2, 0) is 11.3 Å². The summed E-state index contributed by atoms with van der Waals surface area (Å²) < 4.78 is 5.02. The topological polar surface area (TPSA) is 70.0 Å². The van der Waals surface area contributed by atoms with E-state index in [1.54, 1.807) is 37.9 Å². The Morgan fingerprint density at radius 2 is 2.06 bits per heavy atom. The molecule has 18 heavy (non-hydrogen) atoms. The molecule has 0 saturated heterocycles. The highest BCUT2D eigenvalue weighted by atomic mass is 16.5. The van der Waals surface area contributed by atoms with E-state index in [-0.39, 0.29) is 5.75 Å². The molecule has 1 aromatic carbocycles.